The number of hydrogen-bond donors (Lipinski definition) is 0. The fourth-order valence-electron chi connectivity index (χ4n) is 3.65. The molecule has 0 aliphatic heterocycles. The van der Waals surface area contributed by atoms with Gasteiger partial charge in [0, 0.05) is 11.6 Å². The molecule has 3 nitrogen and oxygen atoms in total. The molecule has 1 atom stereocenters. The number of nitro groups is 1. The Kier molecular flexibility index (Phi) is 8.29. The Bertz CT molecular complexity index is 498. The molecule has 0 bridgehead atoms. The van der Waals surface area contributed by atoms with Crippen LogP contribution in [0.5, 0.6) is 0 Å². The standard InChI is InChI=1S/C20H33NO2/c1-5-7-9-10-11-16-20(4,15-8-6-2)19-17(3)13-12-14-18(19)21(22)23/h12-14H,5-11,15-16H2,1-4H3. The van der Waals surface area contributed by atoms with Crippen molar-refractivity contribution in [3.63, 3.8) is 0 Å². The minimum Gasteiger partial charge on any atom is -0.258 e. The summed E-state index contributed by atoms with van der Waals surface area (Å²) in [6.07, 6.45) is 10.5. The Morgan fingerprint density at radius 2 is 1.61 bits per heavy atom. The Morgan fingerprint density at radius 1 is 1.00 bits per heavy atom. The first-order valence-electron chi connectivity index (χ1n) is 9.20. The monoisotopic (exact) mass is 319 g/mol. The zero-order chi connectivity index (χ0) is 17.3. The van der Waals surface area contributed by atoms with Gasteiger partial charge in [0.1, 0.15) is 0 Å². The molecule has 1 unspecified atom stereocenters. The highest BCUT2D eigenvalue weighted by Crippen LogP contribution is 2.41. The molecule has 0 spiro atoms. The molecule has 0 amide bonds. The molecule has 3 heteroatoms. The summed E-state index contributed by atoms with van der Waals surface area (Å²) >= 11 is 0. The molecule has 0 heterocycles. The number of hydrogen-bond acceptors (Lipinski definition) is 2. The van der Waals surface area contributed by atoms with Crippen molar-refractivity contribution < 1.29 is 4.92 Å². The van der Waals surface area contributed by atoms with Crippen molar-refractivity contribution >= 4 is 5.69 Å². The van der Waals surface area contributed by atoms with E-state index in [1.807, 2.05) is 13.0 Å². The summed E-state index contributed by atoms with van der Waals surface area (Å²) < 4.78 is 0. The smallest absolute Gasteiger partial charge is 0.258 e. The fraction of sp³-hybridized carbons (Fsp3) is 0.700. The quantitative estimate of drug-likeness (QED) is 0.258. The minimum atomic E-state index is -0.205. The van der Waals surface area contributed by atoms with Gasteiger partial charge in [-0.05, 0) is 30.7 Å². The summed E-state index contributed by atoms with van der Waals surface area (Å²) in [6, 6.07) is 5.49. The summed E-state index contributed by atoms with van der Waals surface area (Å²) in [5.41, 5.74) is 2.24. The van der Waals surface area contributed by atoms with E-state index in [9.17, 15) is 10.1 Å². The molecule has 130 valence electrons. The molecule has 1 aromatic carbocycles. The van der Waals surface area contributed by atoms with Crippen molar-refractivity contribution in [2.45, 2.75) is 90.9 Å². The van der Waals surface area contributed by atoms with Crippen molar-refractivity contribution in [1.82, 2.24) is 0 Å². The molecule has 0 aliphatic rings. The highest BCUT2D eigenvalue weighted by atomic mass is 16.6. The average molecular weight is 319 g/mol. The SMILES string of the molecule is CCCCCCCC(C)(CCCC)c1c(C)cccc1[N+](=O)[O-]. The van der Waals surface area contributed by atoms with Crippen LogP contribution in [0.2, 0.25) is 0 Å². The van der Waals surface area contributed by atoms with Crippen LogP contribution in [0.1, 0.15) is 89.7 Å². The van der Waals surface area contributed by atoms with Crippen molar-refractivity contribution in [2.24, 2.45) is 0 Å². The van der Waals surface area contributed by atoms with E-state index in [2.05, 4.69) is 20.8 Å². The summed E-state index contributed by atoms with van der Waals surface area (Å²) in [6.45, 7) is 8.66. The van der Waals surface area contributed by atoms with Crippen molar-refractivity contribution in [1.29, 1.82) is 0 Å². The fourth-order valence-corrected chi connectivity index (χ4v) is 3.65. The van der Waals surface area contributed by atoms with Gasteiger partial charge in [-0.25, -0.2) is 0 Å². The lowest BCUT2D eigenvalue weighted by molar-refractivity contribution is -0.386. The second-order valence-corrected chi connectivity index (χ2v) is 7.05. The summed E-state index contributed by atoms with van der Waals surface area (Å²) in [5, 5.41) is 11.5. The van der Waals surface area contributed by atoms with Crippen LogP contribution in [-0.4, -0.2) is 4.92 Å². The predicted molar refractivity (Wildman–Crippen MR) is 98.1 cm³/mol. The summed E-state index contributed by atoms with van der Waals surface area (Å²) in [4.78, 5) is 11.3. The topological polar surface area (TPSA) is 43.1 Å². The van der Waals surface area contributed by atoms with Crippen LogP contribution in [0.25, 0.3) is 0 Å². The van der Waals surface area contributed by atoms with Crippen LogP contribution < -0.4 is 0 Å². The minimum absolute atomic E-state index is 0.0873. The average Bonchev–Trinajstić information content (AvgIpc) is 2.52. The van der Waals surface area contributed by atoms with Gasteiger partial charge < -0.3 is 0 Å². The Hall–Kier alpha value is -1.38. The highest BCUT2D eigenvalue weighted by Gasteiger charge is 2.33. The van der Waals surface area contributed by atoms with Gasteiger partial charge in [0.15, 0.2) is 0 Å². The maximum atomic E-state index is 11.5. The van der Waals surface area contributed by atoms with Gasteiger partial charge in [0.25, 0.3) is 5.69 Å². The largest absolute Gasteiger partial charge is 0.273 e. The molecular weight excluding hydrogens is 286 g/mol. The first-order valence-corrected chi connectivity index (χ1v) is 9.20. The molecule has 0 aromatic heterocycles. The molecule has 1 rings (SSSR count). The Balaban J connectivity index is 3.02. The van der Waals surface area contributed by atoms with E-state index in [1.165, 1.54) is 25.7 Å². The van der Waals surface area contributed by atoms with E-state index < -0.39 is 0 Å². The van der Waals surface area contributed by atoms with Gasteiger partial charge in [-0.15, -0.1) is 0 Å². The lowest BCUT2D eigenvalue weighted by atomic mass is 9.72. The van der Waals surface area contributed by atoms with E-state index in [1.54, 1.807) is 12.1 Å². The van der Waals surface area contributed by atoms with Crippen LogP contribution in [0, 0.1) is 17.0 Å². The van der Waals surface area contributed by atoms with Gasteiger partial charge in [-0.2, -0.15) is 0 Å². The summed E-state index contributed by atoms with van der Waals surface area (Å²) in [5.74, 6) is 0. The van der Waals surface area contributed by atoms with Crippen LogP contribution >= 0.6 is 0 Å². The number of aryl methyl sites for hydroxylation is 1. The van der Waals surface area contributed by atoms with Gasteiger partial charge in [-0.1, -0.05) is 77.8 Å². The molecule has 0 aliphatic carbocycles. The third kappa shape index (κ3) is 5.63. The van der Waals surface area contributed by atoms with E-state index in [4.69, 9.17) is 0 Å². The van der Waals surface area contributed by atoms with Crippen LogP contribution in [0.3, 0.4) is 0 Å². The number of benzene rings is 1. The molecule has 0 saturated heterocycles. The van der Waals surface area contributed by atoms with Crippen molar-refractivity contribution in [3.8, 4) is 0 Å². The number of nitrogens with zero attached hydrogens (tertiary/aromatic N) is 1. The van der Waals surface area contributed by atoms with Crippen LogP contribution in [-0.2, 0) is 5.41 Å². The van der Waals surface area contributed by atoms with Crippen molar-refractivity contribution in [3.05, 3.63) is 39.4 Å². The highest BCUT2D eigenvalue weighted by molar-refractivity contribution is 5.49. The molecule has 1 aromatic rings. The number of unbranched alkanes of at least 4 members (excludes halogenated alkanes) is 5. The molecular formula is C20H33NO2. The predicted octanol–water partition coefficient (Wildman–Crippen LogP) is 6.71. The Morgan fingerprint density at radius 3 is 2.22 bits per heavy atom. The zero-order valence-corrected chi connectivity index (χ0v) is 15.4. The lowest BCUT2D eigenvalue weighted by Gasteiger charge is -2.31. The molecule has 0 radical (unpaired) electrons. The molecule has 0 N–H and O–H groups in total. The normalized spacial score (nSPS) is 13.7. The van der Waals surface area contributed by atoms with Gasteiger partial charge in [0.05, 0.1) is 4.92 Å². The molecule has 0 fully saturated rings. The first-order chi connectivity index (χ1) is 11.0. The van der Waals surface area contributed by atoms with Gasteiger partial charge in [0.2, 0.25) is 0 Å². The number of rotatable bonds is 11. The molecule has 0 saturated carbocycles. The second kappa shape index (κ2) is 9.69. The lowest BCUT2D eigenvalue weighted by Crippen LogP contribution is -2.24. The maximum absolute atomic E-state index is 11.5. The van der Waals surface area contributed by atoms with Gasteiger partial charge in [-0.3, -0.25) is 10.1 Å². The third-order valence-electron chi connectivity index (χ3n) is 4.97. The van der Waals surface area contributed by atoms with Gasteiger partial charge >= 0.3 is 0 Å². The second-order valence-electron chi connectivity index (χ2n) is 7.05. The van der Waals surface area contributed by atoms with Crippen LogP contribution in [0.15, 0.2) is 18.2 Å². The van der Waals surface area contributed by atoms with E-state index in [0.29, 0.717) is 5.69 Å². The van der Waals surface area contributed by atoms with Crippen LogP contribution in [0.4, 0.5) is 5.69 Å². The van der Waals surface area contributed by atoms with E-state index in [-0.39, 0.29) is 10.3 Å². The molecule has 23 heavy (non-hydrogen) atoms. The maximum Gasteiger partial charge on any atom is 0.273 e. The summed E-state index contributed by atoms with van der Waals surface area (Å²) in [7, 11) is 0. The third-order valence-corrected chi connectivity index (χ3v) is 4.97. The first kappa shape index (κ1) is 19.7. The van der Waals surface area contributed by atoms with E-state index >= 15 is 0 Å². The number of nitro benzene ring substituents is 1. The van der Waals surface area contributed by atoms with Crippen molar-refractivity contribution in [2.75, 3.05) is 0 Å². The van der Waals surface area contributed by atoms with E-state index in [0.717, 1.165) is 43.2 Å². The zero-order valence-electron chi connectivity index (χ0n) is 15.4. The Labute approximate surface area is 141 Å².